The third kappa shape index (κ3) is 4.83. The zero-order chi connectivity index (χ0) is 15.4. The number of rotatable bonds is 7. The smallest absolute Gasteiger partial charge is 0.127 e. The van der Waals surface area contributed by atoms with Gasteiger partial charge in [0.2, 0.25) is 0 Å². The molecule has 0 amide bonds. The predicted molar refractivity (Wildman–Crippen MR) is 92.2 cm³/mol. The molecule has 0 saturated carbocycles. The minimum atomic E-state index is 0.566. The summed E-state index contributed by atoms with van der Waals surface area (Å²) in [4.78, 5) is 2.94. The van der Waals surface area contributed by atoms with Gasteiger partial charge in [-0.2, -0.15) is 0 Å². The second-order valence-electron chi connectivity index (χ2n) is 6.00. The number of nitrogens with zero attached hydrogens (tertiary/aromatic N) is 1. The molecule has 0 fully saturated rings. The highest BCUT2D eigenvalue weighted by Gasteiger charge is 2.19. The largest absolute Gasteiger partial charge is 0.493 e. The van der Waals surface area contributed by atoms with Gasteiger partial charge in [0.1, 0.15) is 5.75 Å². The van der Waals surface area contributed by atoms with Gasteiger partial charge in [0, 0.05) is 43.1 Å². The van der Waals surface area contributed by atoms with Gasteiger partial charge in [-0.15, -0.1) is 0 Å². The van der Waals surface area contributed by atoms with E-state index in [2.05, 4.69) is 18.7 Å². The van der Waals surface area contributed by atoms with Crippen molar-refractivity contribution in [3.8, 4) is 5.75 Å². The van der Waals surface area contributed by atoms with Crippen molar-refractivity contribution in [2.45, 2.75) is 33.2 Å². The van der Waals surface area contributed by atoms with Crippen molar-refractivity contribution in [2.75, 3.05) is 19.7 Å². The Morgan fingerprint density at radius 1 is 1.48 bits per heavy atom. The first-order chi connectivity index (χ1) is 9.95. The van der Waals surface area contributed by atoms with Crippen LogP contribution in [0, 0.1) is 5.92 Å². The number of ether oxygens (including phenoxy) is 1. The van der Waals surface area contributed by atoms with E-state index < -0.39 is 0 Å². The molecule has 2 rings (SSSR count). The third-order valence-electron chi connectivity index (χ3n) is 3.52. The van der Waals surface area contributed by atoms with Gasteiger partial charge in [0.15, 0.2) is 0 Å². The lowest BCUT2D eigenvalue weighted by atomic mass is 10.1. The van der Waals surface area contributed by atoms with Gasteiger partial charge in [-0.05, 0) is 23.6 Å². The Bertz CT molecular complexity index is 519. The van der Waals surface area contributed by atoms with Crippen molar-refractivity contribution in [1.82, 2.24) is 4.90 Å². The van der Waals surface area contributed by atoms with Gasteiger partial charge in [-0.3, -0.25) is 4.90 Å². The zero-order valence-corrected chi connectivity index (χ0v) is 14.3. The van der Waals surface area contributed by atoms with Crippen molar-refractivity contribution >= 4 is 28.8 Å². The molecule has 1 heterocycles. The van der Waals surface area contributed by atoms with Gasteiger partial charge in [-0.1, -0.05) is 37.7 Å². The third-order valence-corrected chi connectivity index (χ3v) is 3.94. The molecular weight excluding hydrogens is 304 g/mol. The molecule has 116 valence electrons. The molecule has 0 unspecified atom stereocenters. The minimum absolute atomic E-state index is 0.566. The Morgan fingerprint density at radius 3 is 2.90 bits per heavy atom. The molecule has 0 radical (unpaired) electrons. The van der Waals surface area contributed by atoms with E-state index in [1.54, 1.807) is 0 Å². The van der Waals surface area contributed by atoms with Crippen LogP contribution in [0.1, 0.15) is 31.4 Å². The number of fused-ring (bicyclic) bond motifs is 1. The maximum Gasteiger partial charge on any atom is 0.127 e. The summed E-state index contributed by atoms with van der Waals surface area (Å²) in [5, 5.41) is 0.785. The topological polar surface area (TPSA) is 38.5 Å². The molecule has 0 saturated heterocycles. The second kappa shape index (κ2) is 7.43. The minimum Gasteiger partial charge on any atom is -0.493 e. The summed E-state index contributed by atoms with van der Waals surface area (Å²) >= 11 is 11.2. The average molecular weight is 327 g/mol. The number of hydrogen-bond acceptors (Lipinski definition) is 3. The van der Waals surface area contributed by atoms with Crippen LogP contribution in [-0.2, 0) is 13.0 Å². The number of hydrogen-bond donors (Lipinski definition) is 1. The Morgan fingerprint density at radius 2 is 2.24 bits per heavy atom. The van der Waals surface area contributed by atoms with Gasteiger partial charge < -0.3 is 10.5 Å². The first-order valence-corrected chi connectivity index (χ1v) is 8.19. The van der Waals surface area contributed by atoms with E-state index in [0.717, 1.165) is 49.9 Å². The molecule has 1 aliphatic heterocycles. The fourth-order valence-electron chi connectivity index (χ4n) is 2.72. The predicted octanol–water partition coefficient (Wildman–Crippen LogP) is 3.41. The molecule has 0 aliphatic carbocycles. The summed E-state index contributed by atoms with van der Waals surface area (Å²) in [6, 6.07) is 4.02. The highest BCUT2D eigenvalue weighted by Crippen LogP contribution is 2.33. The molecular formula is C16H23ClN2OS. The Balaban J connectivity index is 2.14. The van der Waals surface area contributed by atoms with Crippen LogP contribution in [0.4, 0.5) is 0 Å². The maximum atomic E-state index is 6.23. The van der Waals surface area contributed by atoms with E-state index in [1.807, 2.05) is 12.1 Å². The Kier molecular flexibility index (Phi) is 5.85. The molecule has 21 heavy (non-hydrogen) atoms. The molecule has 0 spiro atoms. The lowest BCUT2D eigenvalue weighted by Crippen LogP contribution is -2.30. The van der Waals surface area contributed by atoms with E-state index in [0.29, 0.717) is 10.9 Å². The lowest BCUT2D eigenvalue weighted by molar-refractivity contribution is 0.238. The van der Waals surface area contributed by atoms with E-state index in [4.69, 9.17) is 34.3 Å². The molecule has 3 nitrogen and oxygen atoms in total. The number of nitrogens with two attached hydrogens (primary N) is 1. The highest BCUT2D eigenvalue weighted by molar-refractivity contribution is 7.80. The summed E-state index contributed by atoms with van der Waals surface area (Å²) in [5.74, 6) is 1.60. The molecule has 2 N–H and O–H groups in total. The number of benzene rings is 1. The van der Waals surface area contributed by atoms with E-state index >= 15 is 0 Å². The molecule has 1 aromatic rings. The first-order valence-electron chi connectivity index (χ1n) is 7.40. The van der Waals surface area contributed by atoms with Crippen LogP contribution in [0.2, 0.25) is 5.02 Å². The van der Waals surface area contributed by atoms with Crippen LogP contribution < -0.4 is 10.5 Å². The number of thiocarbonyl (C=S) groups is 1. The zero-order valence-electron chi connectivity index (χ0n) is 12.7. The fourth-order valence-corrected chi connectivity index (χ4v) is 3.08. The first kappa shape index (κ1) is 16.5. The normalized spacial score (nSPS) is 13.6. The van der Waals surface area contributed by atoms with Crippen LogP contribution >= 0.6 is 23.8 Å². The quantitative estimate of drug-likeness (QED) is 0.779. The van der Waals surface area contributed by atoms with Crippen LogP contribution in [0.3, 0.4) is 0 Å². The van der Waals surface area contributed by atoms with Gasteiger partial charge in [-0.25, -0.2) is 0 Å². The SMILES string of the molecule is CC(C)CN(CCC(N)=S)Cc1cc(Cl)cc2c1OCC2. The maximum absolute atomic E-state index is 6.23. The summed E-state index contributed by atoms with van der Waals surface area (Å²) < 4.78 is 5.78. The second-order valence-corrected chi connectivity index (χ2v) is 6.96. The van der Waals surface area contributed by atoms with Crippen molar-refractivity contribution in [1.29, 1.82) is 0 Å². The van der Waals surface area contributed by atoms with Crippen LogP contribution in [0.15, 0.2) is 12.1 Å². The van der Waals surface area contributed by atoms with E-state index in [9.17, 15) is 0 Å². The van der Waals surface area contributed by atoms with Crippen molar-refractivity contribution < 1.29 is 4.74 Å². The van der Waals surface area contributed by atoms with Crippen LogP contribution in [0.5, 0.6) is 5.75 Å². The van der Waals surface area contributed by atoms with Gasteiger partial charge >= 0.3 is 0 Å². The van der Waals surface area contributed by atoms with Crippen molar-refractivity contribution in [3.05, 3.63) is 28.3 Å². The monoisotopic (exact) mass is 326 g/mol. The standard InChI is InChI=1S/C16H23ClN2OS/c1-11(2)9-19(5-3-15(18)21)10-13-8-14(17)7-12-4-6-20-16(12)13/h7-8,11H,3-6,9-10H2,1-2H3,(H2,18,21). The van der Waals surface area contributed by atoms with Gasteiger partial charge in [0.25, 0.3) is 0 Å². The summed E-state index contributed by atoms with van der Waals surface area (Å²) in [7, 11) is 0. The molecule has 1 aromatic carbocycles. The van der Waals surface area contributed by atoms with Crippen LogP contribution in [-0.4, -0.2) is 29.6 Å². The molecule has 0 bridgehead atoms. The van der Waals surface area contributed by atoms with Crippen molar-refractivity contribution in [3.63, 3.8) is 0 Å². The summed E-state index contributed by atoms with van der Waals surface area (Å²) in [6.07, 6.45) is 1.69. The lowest BCUT2D eigenvalue weighted by Gasteiger charge is -2.25. The van der Waals surface area contributed by atoms with E-state index in [-0.39, 0.29) is 0 Å². The summed E-state index contributed by atoms with van der Waals surface area (Å²) in [5.41, 5.74) is 8.02. The highest BCUT2D eigenvalue weighted by atomic mass is 35.5. The summed E-state index contributed by atoms with van der Waals surface area (Å²) in [6.45, 7) is 7.88. The molecule has 5 heteroatoms. The average Bonchev–Trinajstić information content (AvgIpc) is 2.83. The Hall–Kier alpha value is -0.840. The van der Waals surface area contributed by atoms with Crippen molar-refractivity contribution in [2.24, 2.45) is 11.7 Å². The molecule has 0 aromatic heterocycles. The fraction of sp³-hybridized carbons (Fsp3) is 0.562. The number of halogens is 1. The molecule has 1 aliphatic rings. The Labute approximate surface area is 137 Å². The van der Waals surface area contributed by atoms with Gasteiger partial charge in [0.05, 0.1) is 11.6 Å². The molecule has 0 atom stereocenters. The van der Waals surface area contributed by atoms with E-state index in [1.165, 1.54) is 11.1 Å². The van der Waals surface area contributed by atoms with Crippen LogP contribution in [0.25, 0.3) is 0 Å².